The lowest BCUT2D eigenvalue weighted by Crippen LogP contribution is -2.24. The number of rotatable bonds is 8. The molecule has 0 saturated carbocycles. The summed E-state index contributed by atoms with van der Waals surface area (Å²) in [6.07, 6.45) is 2.92. The first-order chi connectivity index (χ1) is 7.58. The van der Waals surface area contributed by atoms with Gasteiger partial charge in [0.1, 0.15) is 15.6 Å². The molecule has 0 unspecified atom stereocenters. The number of sulfone groups is 1. The first kappa shape index (κ1) is 13.6. The summed E-state index contributed by atoms with van der Waals surface area (Å²) in [4.78, 5) is 0. The van der Waals surface area contributed by atoms with Crippen LogP contribution in [0.4, 0.5) is 0 Å². The molecule has 1 rings (SSSR count). The van der Waals surface area contributed by atoms with Crippen LogP contribution in [0, 0.1) is 0 Å². The maximum atomic E-state index is 10.8. The number of thioether (sulfide) groups is 1. The van der Waals surface area contributed by atoms with Crippen LogP contribution in [-0.4, -0.2) is 39.3 Å². The fourth-order valence-electron chi connectivity index (χ4n) is 1.09. The molecule has 0 aromatic carbocycles. The quantitative estimate of drug-likeness (QED) is 0.713. The highest BCUT2D eigenvalue weighted by Gasteiger charge is 2.00. The van der Waals surface area contributed by atoms with Gasteiger partial charge >= 0.3 is 0 Å². The molecule has 0 aliphatic carbocycles. The van der Waals surface area contributed by atoms with Crippen molar-refractivity contribution in [2.45, 2.75) is 5.75 Å². The number of nitrogens with one attached hydrogen (secondary N) is 1. The Bertz CT molecular complexity index is 373. The van der Waals surface area contributed by atoms with Crippen LogP contribution in [0.2, 0.25) is 0 Å². The zero-order chi connectivity index (χ0) is 11.9. The highest BCUT2D eigenvalue weighted by atomic mass is 32.2. The molecule has 0 radical (unpaired) electrons. The summed E-state index contributed by atoms with van der Waals surface area (Å²) in [7, 11) is -2.84. The highest BCUT2D eigenvalue weighted by Crippen LogP contribution is 2.11. The van der Waals surface area contributed by atoms with Crippen LogP contribution in [0.3, 0.4) is 0 Å². The molecule has 0 aliphatic rings. The Morgan fingerprint density at radius 1 is 1.44 bits per heavy atom. The van der Waals surface area contributed by atoms with Crippen molar-refractivity contribution in [2.75, 3.05) is 30.9 Å². The summed E-state index contributed by atoms with van der Waals surface area (Å²) in [5, 5.41) is 3.09. The van der Waals surface area contributed by atoms with E-state index < -0.39 is 9.84 Å². The van der Waals surface area contributed by atoms with Crippen molar-refractivity contribution in [1.82, 2.24) is 5.32 Å². The molecule has 0 bridgehead atoms. The average Bonchev–Trinajstić information content (AvgIpc) is 2.67. The second kappa shape index (κ2) is 6.98. The van der Waals surface area contributed by atoms with Crippen molar-refractivity contribution in [2.24, 2.45) is 0 Å². The van der Waals surface area contributed by atoms with E-state index in [1.807, 2.05) is 12.1 Å². The van der Waals surface area contributed by atoms with Crippen molar-refractivity contribution in [3.63, 3.8) is 0 Å². The Morgan fingerprint density at radius 3 is 2.88 bits per heavy atom. The molecule has 0 fully saturated rings. The zero-order valence-corrected chi connectivity index (χ0v) is 10.9. The number of hydrogen-bond acceptors (Lipinski definition) is 5. The summed E-state index contributed by atoms with van der Waals surface area (Å²) in [5.74, 6) is 2.99. The van der Waals surface area contributed by atoms with Crippen molar-refractivity contribution < 1.29 is 12.8 Å². The molecule has 1 heterocycles. The van der Waals surface area contributed by atoms with Crippen molar-refractivity contribution in [3.8, 4) is 0 Å². The normalized spacial score (nSPS) is 11.8. The van der Waals surface area contributed by atoms with E-state index in [-0.39, 0.29) is 5.75 Å². The van der Waals surface area contributed by atoms with E-state index in [1.54, 1.807) is 18.0 Å². The molecular weight excluding hydrogens is 246 g/mol. The minimum Gasteiger partial charge on any atom is -0.468 e. The third-order valence-corrected chi connectivity index (χ3v) is 3.82. The van der Waals surface area contributed by atoms with Crippen LogP contribution >= 0.6 is 11.8 Å². The topological polar surface area (TPSA) is 59.3 Å². The standard InChI is InChI=1S/C10H17NO3S2/c1-16(12,13)8-5-11-4-7-15-9-10-3-2-6-14-10/h2-3,6,11H,4-5,7-9H2,1H3. The van der Waals surface area contributed by atoms with Gasteiger partial charge in [-0.2, -0.15) is 11.8 Å². The highest BCUT2D eigenvalue weighted by molar-refractivity contribution is 7.98. The van der Waals surface area contributed by atoms with Gasteiger partial charge in [0.05, 0.1) is 17.8 Å². The first-order valence-electron chi connectivity index (χ1n) is 5.06. The van der Waals surface area contributed by atoms with Gasteiger partial charge in [0.15, 0.2) is 0 Å². The molecule has 1 aromatic rings. The number of hydrogen-bond donors (Lipinski definition) is 1. The van der Waals surface area contributed by atoms with E-state index in [2.05, 4.69) is 5.32 Å². The molecule has 0 aliphatic heterocycles. The molecule has 16 heavy (non-hydrogen) atoms. The first-order valence-corrected chi connectivity index (χ1v) is 8.28. The fraction of sp³-hybridized carbons (Fsp3) is 0.600. The Balaban J connectivity index is 1.93. The second-order valence-electron chi connectivity index (χ2n) is 3.51. The fourth-order valence-corrected chi connectivity index (χ4v) is 2.41. The van der Waals surface area contributed by atoms with E-state index in [0.29, 0.717) is 6.54 Å². The average molecular weight is 263 g/mol. The van der Waals surface area contributed by atoms with E-state index >= 15 is 0 Å². The third kappa shape index (κ3) is 6.92. The van der Waals surface area contributed by atoms with Crippen molar-refractivity contribution >= 4 is 21.6 Å². The van der Waals surface area contributed by atoms with Crippen LogP contribution in [0.5, 0.6) is 0 Å². The van der Waals surface area contributed by atoms with Gasteiger partial charge in [-0.1, -0.05) is 0 Å². The van der Waals surface area contributed by atoms with Gasteiger partial charge in [0.2, 0.25) is 0 Å². The molecule has 1 aromatic heterocycles. The van der Waals surface area contributed by atoms with E-state index in [1.165, 1.54) is 6.26 Å². The minimum atomic E-state index is -2.84. The molecule has 0 saturated heterocycles. The monoisotopic (exact) mass is 263 g/mol. The molecule has 0 spiro atoms. The SMILES string of the molecule is CS(=O)(=O)CCNCCSCc1ccco1. The molecule has 92 valence electrons. The predicted octanol–water partition coefficient (Wildman–Crippen LogP) is 1.15. The van der Waals surface area contributed by atoms with Gasteiger partial charge in [-0.3, -0.25) is 0 Å². The van der Waals surface area contributed by atoms with E-state index in [0.717, 1.165) is 23.8 Å². The van der Waals surface area contributed by atoms with E-state index in [9.17, 15) is 8.42 Å². The minimum absolute atomic E-state index is 0.204. The van der Waals surface area contributed by atoms with Crippen LogP contribution in [0.15, 0.2) is 22.8 Å². The smallest absolute Gasteiger partial charge is 0.148 e. The molecule has 1 N–H and O–H groups in total. The summed E-state index contributed by atoms with van der Waals surface area (Å²) in [6, 6.07) is 3.82. The van der Waals surface area contributed by atoms with Gasteiger partial charge in [0, 0.05) is 25.1 Å². The largest absolute Gasteiger partial charge is 0.468 e. The summed E-state index contributed by atoms with van der Waals surface area (Å²) < 4.78 is 26.8. The lowest BCUT2D eigenvalue weighted by Gasteiger charge is -2.02. The van der Waals surface area contributed by atoms with Gasteiger partial charge in [-0.15, -0.1) is 0 Å². The Labute approximate surface area is 101 Å². The molecule has 6 heteroatoms. The van der Waals surface area contributed by atoms with Gasteiger partial charge < -0.3 is 9.73 Å². The van der Waals surface area contributed by atoms with Crippen molar-refractivity contribution in [1.29, 1.82) is 0 Å². The van der Waals surface area contributed by atoms with Crippen LogP contribution in [0.1, 0.15) is 5.76 Å². The zero-order valence-electron chi connectivity index (χ0n) is 9.31. The Hall–Kier alpha value is -0.460. The van der Waals surface area contributed by atoms with Crippen LogP contribution < -0.4 is 5.32 Å². The third-order valence-electron chi connectivity index (χ3n) is 1.90. The number of furan rings is 1. The Kier molecular flexibility index (Phi) is 5.94. The van der Waals surface area contributed by atoms with Gasteiger partial charge in [-0.25, -0.2) is 8.42 Å². The molecular formula is C10H17NO3S2. The maximum Gasteiger partial charge on any atom is 0.148 e. The second-order valence-corrected chi connectivity index (χ2v) is 6.88. The predicted molar refractivity (Wildman–Crippen MR) is 67.5 cm³/mol. The molecule has 4 nitrogen and oxygen atoms in total. The maximum absolute atomic E-state index is 10.8. The van der Waals surface area contributed by atoms with E-state index in [4.69, 9.17) is 4.42 Å². The summed E-state index contributed by atoms with van der Waals surface area (Å²) >= 11 is 1.76. The summed E-state index contributed by atoms with van der Waals surface area (Å²) in [5.41, 5.74) is 0. The molecule has 0 atom stereocenters. The Morgan fingerprint density at radius 2 is 2.25 bits per heavy atom. The van der Waals surface area contributed by atoms with Gasteiger partial charge in [-0.05, 0) is 12.1 Å². The molecule has 0 amide bonds. The lowest BCUT2D eigenvalue weighted by atomic mass is 10.5. The van der Waals surface area contributed by atoms with Crippen molar-refractivity contribution in [3.05, 3.63) is 24.2 Å². The van der Waals surface area contributed by atoms with Gasteiger partial charge in [0.25, 0.3) is 0 Å². The van der Waals surface area contributed by atoms with Crippen LogP contribution in [-0.2, 0) is 15.6 Å². The van der Waals surface area contributed by atoms with Crippen LogP contribution in [0.25, 0.3) is 0 Å². The lowest BCUT2D eigenvalue weighted by molar-refractivity contribution is 0.530. The summed E-state index contributed by atoms with van der Waals surface area (Å²) in [6.45, 7) is 1.35.